The molecule has 0 saturated carbocycles. The Bertz CT molecular complexity index is 822. The lowest BCUT2D eigenvalue weighted by Crippen LogP contribution is -2.20. The van der Waals surface area contributed by atoms with E-state index in [9.17, 15) is 4.79 Å². The Kier molecular flexibility index (Phi) is 4.69. The minimum absolute atomic E-state index is 0.0186. The maximum absolute atomic E-state index is 11.1. The Morgan fingerprint density at radius 2 is 1.80 bits per heavy atom. The topological polar surface area (TPSA) is 52.9 Å². The number of hydrogen-bond donors (Lipinski definition) is 1. The SMILES string of the molecule is CC(C)(C)C1=NN(c2ccc(C(=O)O)cc2)C(c2ccccc2Br)C1. The van der Waals surface area contributed by atoms with Gasteiger partial charge in [0.05, 0.1) is 17.3 Å². The molecule has 130 valence electrons. The Labute approximate surface area is 156 Å². The van der Waals surface area contributed by atoms with Crippen molar-refractivity contribution in [1.82, 2.24) is 0 Å². The summed E-state index contributed by atoms with van der Waals surface area (Å²) in [4.78, 5) is 11.1. The molecule has 4 nitrogen and oxygen atoms in total. The van der Waals surface area contributed by atoms with Crippen LogP contribution in [0.2, 0.25) is 0 Å². The molecule has 0 bridgehead atoms. The normalized spacial score (nSPS) is 17.5. The van der Waals surface area contributed by atoms with Crippen LogP contribution in [0, 0.1) is 5.41 Å². The lowest BCUT2D eigenvalue weighted by Gasteiger charge is -2.25. The number of carboxylic acids is 1. The third-order valence-corrected chi connectivity index (χ3v) is 5.14. The fourth-order valence-corrected chi connectivity index (χ4v) is 3.50. The molecular formula is C20H21BrN2O2. The molecule has 0 aliphatic carbocycles. The van der Waals surface area contributed by atoms with E-state index in [-0.39, 0.29) is 17.0 Å². The van der Waals surface area contributed by atoms with E-state index in [2.05, 4.69) is 42.8 Å². The molecular weight excluding hydrogens is 380 g/mol. The molecule has 0 saturated heterocycles. The van der Waals surface area contributed by atoms with Crippen LogP contribution in [-0.4, -0.2) is 16.8 Å². The monoisotopic (exact) mass is 400 g/mol. The summed E-state index contributed by atoms with van der Waals surface area (Å²) in [6, 6.07) is 15.1. The zero-order chi connectivity index (χ0) is 18.2. The highest BCUT2D eigenvalue weighted by Crippen LogP contribution is 2.41. The van der Waals surface area contributed by atoms with Gasteiger partial charge in [-0.3, -0.25) is 5.01 Å². The van der Waals surface area contributed by atoms with Gasteiger partial charge in [0, 0.05) is 22.0 Å². The van der Waals surface area contributed by atoms with Gasteiger partial charge in [-0.25, -0.2) is 4.79 Å². The van der Waals surface area contributed by atoms with Crippen molar-refractivity contribution < 1.29 is 9.90 Å². The molecule has 0 aromatic heterocycles. The second kappa shape index (κ2) is 6.64. The summed E-state index contributed by atoms with van der Waals surface area (Å²) < 4.78 is 1.05. The highest BCUT2D eigenvalue weighted by atomic mass is 79.9. The average Bonchev–Trinajstić information content (AvgIpc) is 3.00. The highest BCUT2D eigenvalue weighted by molar-refractivity contribution is 9.10. The number of carboxylic acid groups (broad SMARTS) is 1. The van der Waals surface area contributed by atoms with Crippen LogP contribution in [0.3, 0.4) is 0 Å². The van der Waals surface area contributed by atoms with Crippen molar-refractivity contribution in [2.24, 2.45) is 10.5 Å². The number of hydrazone groups is 1. The molecule has 1 aliphatic heterocycles. The standard InChI is InChI=1S/C20H21BrN2O2/c1-20(2,3)18-12-17(15-6-4-5-7-16(15)21)23(22-18)14-10-8-13(9-11-14)19(24)25/h4-11,17H,12H2,1-3H3,(H,24,25). The first-order valence-corrected chi connectivity index (χ1v) is 9.01. The minimum atomic E-state index is -0.922. The molecule has 0 radical (unpaired) electrons. The Hall–Kier alpha value is -2.14. The van der Waals surface area contributed by atoms with Gasteiger partial charge in [0.1, 0.15) is 0 Å². The van der Waals surface area contributed by atoms with Gasteiger partial charge in [-0.15, -0.1) is 0 Å². The summed E-state index contributed by atoms with van der Waals surface area (Å²) in [6.45, 7) is 6.50. The van der Waals surface area contributed by atoms with Crippen LogP contribution < -0.4 is 5.01 Å². The number of nitrogens with zero attached hydrogens (tertiary/aromatic N) is 2. The van der Waals surface area contributed by atoms with E-state index in [1.54, 1.807) is 12.1 Å². The fraction of sp³-hybridized carbons (Fsp3) is 0.300. The van der Waals surface area contributed by atoms with E-state index in [1.807, 2.05) is 35.3 Å². The van der Waals surface area contributed by atoms with E-state index in [4.69, 9.17) is 10.2 Å². The molecule has 2 aromatic carbocycles. The molecule has 5 heteroatoms. The van der Waals surface area contributed by atoms with Gasteiger partial charge in [-0.05, 0) is 35.9 Å². The van der Waals surface area contributed by atoms with Crippen LogP contribution in [-0.2, 0) is 0 Å². The Morgan fingerprint density at radius 1 is 1.16 bits per heavy atom. The van der Waals surface area contributed by atoms with E-state index in [1.165, 1.54) is 5.56 Å². The van der Waals surface area contributed by atoms with Gasteiger partial charge in [0.2, 0.25) is 0 Å². The van der Waals surface area contributed by atoms with Gasteiger partial charge < -0.3 is 5.11 Å². The minimum Gasteiger partial charge on any atom is -0.478 e. The molecule has 3 rings (SSSR count). The molecule has 25 heavy (non-hydrogen) atoms. The summed E-state index contributed by atoms with van der Waals surface area (Å²) in [5, 5.41) is 16.0. The maximum atomic E-state index is 11.1. The zero-order valence-corrected chi connectivity index (χ0v) is 16.1. The van der Waals surface area contributed by atoms with Gasteiger partial charge in [0.25, 0.3) is 0 Å². The first-order valence-electron chi connectivity index (χ1n) is 8.22. The predicted molar refractivity (Wildman–Crippen MR) is 104 cm³/mol. The summed E-state index contributed by atoms with van der Waals surface area (Å²) in [7, 11) is 0. The molecule has 0 amide bonds. The number of rotatable bonds is 3. The number of anilines is 1. The average molecular weight is 401 g/mol. The second-order valence-electron chi connectivity index (χ2n) is 7.23. The third kappa shape index (κ3) is 3.61. The molecule has 1 N–H and O–H groups in total. The second-order valence-corrected chi connectivity index (χ2v) is 8.09. The van der Waals surface area contributed by atoms with Crippen molar-refractivity contribution in [1.29, 1.82) is 0 Å². The predicted octanol–water partition coefficient (Wildman–Crippen LogP) is 5.50. The largest absolute Gasteiger partial charge is 0.478 e. The smallest absolute Gasteiger partial charge is 0.335 e. The molecule has 0 fully saturated rings. The van der Waals surface area contributed by atoms with Crippen LogP contribution in [0.25, 0.3) is 0 Å². The summed E-state index contributed by atoms with van der Waals surface area (Å²) in [5.41, 5.74) is 3.46. The van der Waals surface area contributed by atoms with Gasteiger partial charge >= 0.3 is 5.97 Å². The van der Waals surface area contributed by atoms with Crippen molar-refractivity contribution in [3.63, 3.8) is 0 Å². The van der Waals surface area contributed by atoms with Crippen molar-refractivity contribution in [3.05, 3.63) is 64.1 Å². The van der Waals surface area contributed by atoms with Crippen molar-refractivity contribution in [3.8, 4) is 0 Å². The van der Waals surface area contributed by atoms with Gasteiger partial charge in [-0.2, -0.15) is 5.10 Å². The molecule has 1 atom stereocenters. The van der Waals surface area contributed by atoms with Crippen LogP contribution in [0.15, 0.2) is 58.1 Å². The summed E-state index contributed by atoms with van der Waals surface area (Å²) in [6.07, 6.45) is 0.840. The molecule has 1 aliphatic rings. The van der Waals surface area contributed by atoms with Crippen molar-refractivity contribution in [2.45, 2.75) is 33.2 Å². The number of hydrogen-bond acceptors (Lipinski definition) is 3. The first-order chi connectivity index (χ1) is 11.8. The molecule has 0 spiro atoms. The Morgan fingerprint density at radius 3 is 2.36 bits per heavy atom. The van der Waals surface area contributed by atoms with Crippen LogP contribution in [0.4, 0.5) is 5.69 Å². The fourth-order valence-electron chi connectivity index (χ4n) is 2.95. The van der Waals surface area contributed by atoms with Crippen molar-refractivity contribution in [2.75, 3.05) is 5.01 Å². The lowest BCUT2D eigenvalue weighted by molar-refractivity contribution is 0.0697. The molecule has 1 heterocycles. The third-order valence-electron chi connectivity index (χ3n) is 4.42. The van der Waals surface area contributed by atoms with Gasteiger partial charge in [0.15, 0.2) is 0 Å². The summed E-state index contributed by atoms with van der Waals surface area (Å²) >= 11 is 3.65. The number of benzene rings is 2. The first kappa shape index (κ1) is 17.7. The van der Waals surface area contributed by atoms with Crippen molar-refractivity contribution >= 4 is 33.3 Å². The number of carbonyl (C=O) groups is 1. The van der Waals surface area contributed by atoms with E-state index < -0.39 is 5.97 Å². The summed E-state index contributed by atoms with van der Waals surface area (Å²) in [5.74, 6) is -0.922. The molecule has 2 aromatic rings. The molecule has 1 unspecified atom stereocenters. The van der Waals surface area contributed by atoms with Crippen LogP contribution in [0.1, 0.15) is 49.2 Å². The lowest BCUT2D eigenvalue weighted by atomic mass is 9.86. The quantitative estimate of drug-likeness (QED) is 0.739. The van der Waals surface area contributed by atoms with E-state index in [0.29, 0.717) is 0 Å². The zero-order valence-electron chi connectivity index (χ0n) is 14.5. The highest BCUT2D eigenvalue weighted by Gasteiger charge is 2.35. The van der Waals surface area contributed by atoms with E-state index in [0.717, 1.165) is 22.3 Å². The van der Waals surface area contributed by atoms with Gasteiger partial charge in [-0.1, -0.05) is 54.9 Å². The van der Waals surface area contributed by atoms with Crippen LogP contribution in [0.5, 0.6) is 0 Å². The van der Waals surface area contributed by atoms with Crippen LogP contribution >= 0.6 is 15.9 Å². The van der Waals surface area contributed by atoms with E-state index >= 15 is 0 Å². The maximum Gasteiger partial charge on any atom is 0.335 e. The number of halogens is 1. The number of aromatic carboxylic acids is 1. The Balaban J connectivity index is 2.03.